The molecule has 2 aromatic carbocycles. The number of aliphatic hydroxyl groups is 1. The van der Waals surface area contributed by atoms with Crippen LogP contribution < -0.4 is 14.2 Å². The molecule has 1 N–H and O–H groups in total. The topological polar surface area (TPSA) is 103 Å². The number of Topliss-reactive ketones (excluding diaryl/α,β-unsaturated/α-hetero) is 1. The minimum atomic E-state index is -0.867. The highest BCUT2D eigenvalue weighted by Crippen LogP contribution is 2.45. The van der Waals surface area contributed by atoms with Gasteiger partial charge >= 0.3 is 0 Å². The van der Waals surface area contributed by atoms with Crippen LogP contribution in [-0.2, 0) is 16.1 Å². The van der Waals surface area contributed by atoms with E-state index in [1.165, 1.54) is 26.2 Å². The first-order chi connectivity index (χ1) is 17.0. The highest BCUT2D eigenvalue weighted by atomic mass is 16.5. The van der Waals surface area contributed by atoms with Crippen molar-refractivity contribution in [1.82, 2.24) is 14.5 Å². The fourth-order valence-corrected chi connectivity index (χ4v) is 4.33. The Morgan fingerprint density at radius 3 is 2.51 bits per heavy atom. The highest BCUT2D eigenvalue weighted by Gasteiger charge is 2.47. The SMILES string of the molecule is COc1cccc(C(O)=C2C(=O)C(=O)N(CCCn3ccnc3)[C@H]2c2cccc(OC)c2OC)c1. The third-order valence-electron chi connectivity index (χ3n) is 5.99. The minimum Gasteiger partial charge on any atom is -0.507 e. The van der Waals surface area contributed by atoms with Crippen molar-refractivity contribution in [3.05, 3.63) is 77.9 Å². The molecule has 0 radical (unpaired) electrons. The maximum atomic E-state index is 13.3. The zero-order valence-corrected chi connectivity index (χ0v) is 19.8. The van der Waals surface area contributed by atoms with E-state index in [1.807, 2.05) is 10.8 Å². The summed E-state index contributed by atoms with van der Waals surface area (Å²) in [5.41, 5.74) is 0.892. The molecule has 0 saturated carbocycles. The van der Waals surface area contributed by atoms with E-state index in [9.17, 15) is 14.7 Å². The van der Waals surface area contributed by atoms with Crippen LogP contribution in [0.15, 0.2) is 66.8 Å². The van der Waals surface area contributed by atoms with E-state index in [2.05, 4.69) is 4.98 Å². The predicted octanol–water partition coefficient (Wildman–Crippen LogP) is 3.42. The number of likely N-dealkylation sites (tertiary alicyclic amines) is 1. The van der Waals surface area contributed by atoms with Crippen molar-refractivity contribution in [2.24, 2.45) is 0 Å². The van der Waals surface area contributed by atoms with Gasteiger partial charge in [0.1, 0.15) is 11.5 Å². The molecule has 1 fully saturated rings. The molecular formula is C26H27N3O6. The number of ether oxygens (including phenoxy) is 3. The summed E-state index contributed by atoms with van der Waals surface area (Å²) in [4.78, 5) is 32.0. The van der Waals surface area contributed by atoms with E-state index in [-0.39, 0.29) is 17.9 Å². The maximum absolute atomic E-state index is 13.3. The molecule has 1 atom stereocenters. The number of methoxy groups -OCH3 is 3. The van der Waals surface area contributed by atoms with Crippen LogP contribution in [0.1, 0.15) is 23.6 Å². The van der Waals surface area contributed by atoms with Gasteiger partial charge in [-0.15, -0.1) is 0 Å². The highest BCUT2D eigenvalue weighted by molar-refractivity contribution is 6.46. The Morgan fingerprint density at radius 1 is 1.03 bits per heavy atom. The number of ketones is 1. The number of amides is 1. The molecule has 182 valence electrons. The van der Waals surface area contributed by atoms with Gasteiger partial charge in [-0.3, -0.25) is 9.59 Å². The molecule has 4 rings (SSSR count). The second-order valence-electron chi connectivity index (χ2n) is 7.96. The summed E-state index contributed by atoms with van der Waals surface area (Å²) >= 11 is 0. The molecular weight excluding hydrogens is 450 g/mol. The zero-order chi connectivity index (χ0) is 24.9. The van der Waals surface area contributed by atoms with E-state index in [4.69, 9.17) is 14.2 Å². The van der Waals surface area contributed by atoms with Crippen LogP contribution in [-0.4, -0.2) is 59.1 Å². The predicted molar refractivity (Wildman–Crippen MR) is 128 cm³/mol. The Balaban J connectivity index is 1.82. The van der Waals surface area contributed by atoms with Crippen LogP contribution in [0.5, 0.6) is 17.2 Å². The summed E-state index contributed by atoms with van der Waals surface area (Å²) in [6.07, 6.45) is 5.78. The zero-order valence-electron chi connectivity index (χ0n) is 19.8. The molecule has 1 aliphatic rings. The van der Waals surface area contributed by atoms with Gasteiger partial charge in [-0.25, -0.2) is 4.98 Å². The fourth-order valence-electron chi connectivity index (χ4n) is 4.33. The molecule has 9 heteroatoms. The van der Waals surface area contributed by atoms with Crippen LogP contribution >= 0.6 is 0 Å². The maximum Gasteiger partial charge on any atom is 0.295 e. The van der Waals surface area contributed by atoms with E-state index >= 15 is 0 Å². The molecule has 0 spiro atoms. The van der Waals surface area contributed by atoms with E-state index in [0.717, 1.165) is 0 Å². The lowest BCUT2D eigenvalue weighted by molar-refractivity contribution is -0.140. The van der Waals surface area contributed by atoms with Gasteiger partial charge in [0.2, 0.25) is 0 Å². The summed E-state index contributed by atoms with van der Waals surface area (Å²) in [7, 11) is 4.52. The number of imidazole rings is 1. The van der Waals surface area contributed by atoms with E-state index in [0.29, 0.717) is 41.3 Å². The van der Waals surface area contributed by atoms with E-state index < -0.39 is 17.7 Å². The smallest absolute Gasteiger partial charge is 0.295 e. The molecule has 35 heavy (non-hydrogen) atoms. The minimum absolute atomic E-state index is 0.0163. The standard InChI is InChI=1S/C26H27N3O6/c1-33-18-8-4-7-17(15-18)23(30)21-22(19-9-5-10-20(34-2)25(19)35-3)29(26(32)24(21)31)13-6-12-28-14-11-27-16-28/h4-5,7-11,14-16,22,30H,6,12-13H2,1-3H3/t22-/m0/s1. The number of aryl methyl sites for hydroxylation is 1. The van der Waals surface area contributed by atoms with Gasteiger partial charge in [-0.05, 0) is 24.6 Å². The summed E-state index contributed by atoms with van der Waals surface area (Å²) in [6, 6.07) is 11.1. The van der Waals surface area contributed by atoms with Crippen LogP contribution in [0.2, 0.25) is 0 Å². The van der Waals surface area contributed by atoms with Gasteiger partial charge in [0.05, 0.1) is 39.3 Å². The number of aliphatic hydroxyl groups excluding tert-OH is 1. The number of nitrogens with zero attached hydrogens (tertiary/aromatic N) is 3. The lowest BCUT2D eigenvalue weighted by Crippen LogP contribution is -2.31. The number of benzene rings is 2. The Bertz CT molecular complexity index is 1250. The van der Waals surface area contributed by atoms with Crippen LogP contribution in [0.25, 0.3) is 5.76 Å². The molecule has 0 unspecified atom stereocenters. The molecule has 3 aromatic rings. The van der Waals surface area contributed by atoms with Gasteiger partial charge in [0.25, 0.3) is 11.7 Å². The second kappa shape index (κ2) is 10.3. The number of hydrogen-bond acceptors (Lipinski definition) is 7. The van der Waals surface area contributed by atoms with Crippen molar-refractivity contribution >= 4 is 17.4 Å². The summed E-state index contributed by atoms with van der Waals surface area (Å²) in [5, 5.41) is 11.3. The van der Waals surface area contributed by atoms with Crippen LogP contribution in [0.3, 0.4) is 0 Å². The summed E-state index contributed by atoms with van der Waals surface area (Å²) in [6.45, 7) is 0.892. The monoisotopic (exact) mass is 477 g/mol. The van der Waals surface area contributed by atoms with Crippen molar-refractivity contribution in [2.75, 3.05) is 27.9 Å². The van der Waals surface area contributed by atoms with Gasteiger partial charge in [-0.1, -0.05) is 24.3 Å². The normalized spacial score (nSPS) is 17.0. The van der Waals surface area contributed by atoms with E-state index in [1.54, 1.807) is 55.0 Å². The third-order valence-corrected chi connectivity index (χ3v) is 5.99. The number of hydrogen-bond donors (Lipinski definition) is 1. The Labute approximate surface area is 203 Å². The molecule has 1 amide bonds. The Morgan fingerprint density at radius 2 is 1.83 bits per heavy atom. The molecule has 0 aliphatic carbocycles. The van der Waals surface area contributed by atoms with Gasteiger partial charge in [0, 0.05) is 36.6 Å². The van der Waals surface area contributed by atoms with Crippen molar-refractivity contribution < 1.29 is 28.9 Å². The number of aromatic nitrogens is 2. The van der Waals surface area contributed by atoms with Crippen molar-refractivity contribution in [1.29, 1.82) is 0 Å². The summed E-state index contributed by atoms with van der Waals surface area (Å²) in [5.74, 6) is -0.375. The molecule has 1 saturated heterocycles. The summed E-state index contributed by atoms with van der Waals surface area (Å²) < 4.78 is 18.2. The second-order valence-corrected chi connectivity index (χ2v) is 7.96. The Kier molecular flexibility index (Phi) is 7.05. The molecule has 1 aliphatic heterocycles. The first-order valence-corrected chi connectivity index (χ1v) is 11.1. The number of carbonyl (C=O) groups is 2. The quantitative estimate of drug-likeness (QED) is 0.286. The average molecular weight is 478 g/mol. The third kappa shape index (κ3) is 4.57. The molecule has 9 nitrogen and oxygen atoms in total. The lowest BCUT2D eigenvalue weighted by atomic mass is 9.94. The van der Waals surface area contributed by atoms with Crippen molar-refractivity contribution in [3.8, 4) is 17.2 Å². The first kappa shape index (κ1) is 23.9. The van der Waals surface area contributed by atoms with Crippen LogP contribution in [0.4, 0.5) is 0 Å². The fraction of sp³-hybridized carbons (Fsp3) is 0.269. The van der Waals surface area contributed by atoms with Gasteiger partial charge in [0.15, 0.2) is 11.5 Å². The van der Waals surface area contributed by atoms with Gasteiger partial charge < -0.3 is 28.8 Å². The molecule has 2 heterocycles. The number of rotatable bonds is 9. The van der Waals surface area contributed by atoms with Crippen molar-refractivity contribution in [3.63, 3.8) is 0 Å². The first-order valence-electron chi connectivity index (χ1n) is 11.1. The molecule has 1 aromatic heterocycles. The average Bonchev–Trinajstić information content (AvgIpc) is 3.50. The number of carbonyl (C=O) groups excluding carboxylic acids is 2. The molecule has 0 bridgehead atoms. The largest absolute Gasteiger partial charge is 0.507 e. The van der Waals surface area contributed by atoms with Gasteiger partial charge in [-0.2, -0.15) is 0 Å². The lowest BCUT2D eigenvalue weighted by Gasteiger charge is -2.27. The Hall–Kier alpha value is -4.27. The number of para-hydroxylation sites is 1. The van der Waals surface area contributed by atoms with Crippen LogP contribution in [0, 0.1) is 0 Å². The van der Waals surface area contributed by atoms with Crippen molar-refractivity contribution in [2.45, 2.75) is 19.0 Å².